The van der Waals surface area contributed by atoms with Crippen molar-refractivity contribution in [2.45, 2.75) is 31.6 Å². The number of thioether (sulfide) groups is 1. The van der Waals surface area contributed by atoms with Gasteiger partial charge in [-0.3, -0.25) is 9.59 Å². The van der Waals surface area contributed by atoms with Crippen LogP contribution in [0.1, 0.15) is 37.0 Å². The number of esters is 1. The Balaban J connectivity index is 2.32. The van der Waals surface area contributed by atoms with Gasteiger partial charge < -0.3 is 9.47 Å². The molecule has 5 heteroatoms. The van der Waals surface area contributed by atoms with Gasteiger partial charge in [0, 0.05) is 23.5 Å². The molecule has 0 aliphatic heterocycles. The number of carbonyl (C=O) groups is 2. The molecule has 0 atom stereocenters. The van der Waals surface area contributed by atoms with Crippen LogP contribution in [0.15, 0.2) is 29.2 Å². The van der Waals surface area contributed by atoms with Crippen LogP contribution in [0.3, 0.4) is 0 Å². The highest BCUT2D eigenvalue weighted by molar-refractivity contribution is 8.00. The largest absolute Gasteiger partial charge is 0.463 e. The Kier molecular flexibility index (Phi) is 8.78. The van der Waals surface area contributed by atoms with Crippen molar-refractivity contribution in [3.8, 4) is 0 Å². The maximum absolute atomic E-state index is 11.7. The molecule has 4 nitrogen and oxygen atoms in total. The van der Waals surface area contributed by atoms with Crippen LogP contribution in [-0.2, 0) is 14.3 Å². The van der Waals surface area contributed by atoms with Gasteiger partial charge >= 0.3 is 5.97 Å². The summed E-state index contributed by atoms with van der Waals surface area (Å²) in [6.45, 7) is 5.22. The van der Waals surface area contributed by atoms with Crippen molar-refractivity contribution < 1.29 is 19.1 Å². The van der Waals surface area contributed by atoms with Crippen molar-refractivity contribution in [2.75, 3.05) is 25.6 Å². The normalized spacial score (nSPS) is 10.4. The molecule has 0 aliphatic rings. The first-order valence-electron chi connectivity index (χ1n) is 7.16. The van der Waals surface area contributed by atoms with Crippen LogP contribution in [0.2, 0.25) is 0 Å². The second-order valence-corrected chi connectivity index (χ2v) is 5.45. The van der Waals surface area contributed by atoms with Crippen molar-refractivity contribution in [1.29, 1.82) is 0 Å². The maximum Gasteiger partial charge on any atom is 0.316 e. The molecule has 1 rings (SSSR count). The van der Waals surface area contributed by atoms with Crippen LogP contribution in [0.25, 0.3) is 0 Å². The lowest BCUT2D eigenvalue weighted by atomic mass is 10.1. The highest BCUT2D eigenvalue weighted by atomic mass is 32.2. The predicted octanol–water partition coefficient (Wildman–Crippen LogP) is 3.34. The molecule has 0 spiro atoms. The van der Waals surface area contributed by atoms with Crippen molar-refractivity contribution in [3.63, 3.8) is 0 Å². The molecule has 0 aliphatic carbocycles. The lowest BCUT2D eigenvalue weighted by Gasteiger charge is -2.05. The molecule has 0 unspecified atom stereocenters. The molecule has 0 fully saturated rings. The highest BCUT2D eigenvalue weighted by Gasteiger charge is 2.06. The molecule has 0 heterocycles. The number of carbonyl (C=O) groups excluding carboxylic acids is 2. The van der Waals surface area contributed by atoms with Crippen LogP contribution in [-0.4, -0.2) is 37.3 Å². The molecule has 0 bridgehead atoms. The molecule has 0 saturated carbocycles. The first kappa shape index (κ1) is 17.7. The van der Waals surface area contributed by atoms with E-state index in [1.54, 1.807) is 12.1 Å². The van der Waals surface area contributed by atoms with Crippen LogP contribution in [0.4, 0.5) is 0 Å². The van der Waals surface area contributed by atoms with E-state index in [2.05, 4.69) is 0 Å². The minimum absolute atomic E-state index is 0.157. The van der Waals surface area contributed by atoms with Gasteiger partial charge in [-0.15, -0.1) is 11.8 Å². The molecule has 0 aromatic heterocycles. The molecular formula is C16H22O4S. The fourth-order valence-corrected chi connectivity index (χ4v) is 2.35. The van der Waals surface area contributed by atoms with Crippen molar-refractivity contribution in [1.82, 2.24) is 0 Å². The van der Waals surface area contributed by atoms with Gasteiger partial charge in [-0.2, -0.15) is 0 Å². The second kappa shape index (κ2) is 10.4. The van der Waals surface area contributed by atoms with Gasteiger partial charge in [-0.05, 0) is 25.5 Å². The number of hydrogen-bond donors (Lipinski definition) is 0. The quantitative estimate of drug-likeness (QED) is 0.287. The SMILES string of the molecule is CCCC(=O)c1ccc(SCC(=O)OCCOCC)cc1. The third-order valence-corrected chi connectivity index (χ3v) is 3.69. The Morgan fingerprint density at radius 1 is 1.10 bits per heavy atom. The van der Waals surface area contributed by atoms with E-state index in [4.69, 9.17) is 9.47 Å². The third-order valence-electron chi connectivity index (χ3n) is 2.70. The molecule has 0 radical (unpaired) electrons. The minimum Gasteiger partial charge on any atom is -0.463 e. The number of Topliss-reactive ketones (excluding diaryl/α,β-unsaturated/α-hetero) is 1. The van der Waals surface area contributed by atoms with E-state index >= 15 is 0 Å². The molecule has 0 amide bonds. The van der Waals surface area contributed by atoms with E-state index in [0.717, 1.165) is 16.9 Å². The number of benzene rings is 1. The van der Waals surface area contributed by atoms with Gasteiger partial charge in [0.15, 0.2) is 5.78 Å². The van der Waals surface area contributed by atoms with E-state index in [0.29, 0.717) is 19.6 Å². The van der Waals surface area contributed by atoms with Crippen LogP contribution in [0, 0.1) is 0 Å². The smallest absolute Gasteiger partial charge is 0.316 e. The Labute approximate surface area is 130 Å². The number of ketones is 1. The Hall–Kier alpha value is -1.33. The molecular weight excluding hydrogens is 288 g/mol. The zero-order chi connectivity index (χ0) is 15.5. The van der Waals surface area contributed by atoms with Gasteiger partial charge in [0.1, 0.15) is 6.61 Å². The summed E-state index contributed by atoms with van der Waals surface area (Å²) in [6.07, 6.45) is 1.42. The average molecular weight is 310 g/mol. The van der Waals surface area contributed by atoms with Crippen molar-refractivity contribution in [3.05, 3.63) is 29.8 Å². The summed E-state index contributed by atoms with van der Waals surface area (Å²) >= 11 is 1.40. The zero-order valence-electron chi connectivity index (χ0n) is 12.6. The first-order chi connectivity index (χ1) is 10.2. The number of ether oxygens (including phenoxy) is 2. The fourth-order valence-electron chi connectivity index (χ4n) is 1.65. The van der Waals surface area contributed by atoms with Gasteiger partial charge in [-0.1, -0.05) is 19.1 Å². The van der Waals surface area contributed by atoms with Crippen LogP contribution in [0.5, 0.6) is 0 Å². The molecule has 116 valence electrons. The third kappa shape index (κ3) is 7.29. The monoisotopic (exact) mass is 310 g/mol. The molecule has 1 aromatic carbocycles. The summed E-state index contributed by atoms with van der Waals surface area (Å²) in [6, 6.07) is 7.34. The lowest BCUT2D eigenvalue weighted by Crippen LogP contribution is -2.12. The van der Waals surface area contributed by atoms with E-state index in [1.807, 2.05) is 26.0 Å². The van der Waals surface area contributed by atoms with Gasteiger partial charge in [-0.25, -0.2) is 0 Å². The van der Waals surface area contributed by atoms with Crippen LogP contribution >= 0.6 is 11.8 Å². The maximum atomic E-state index is 11.7. The summed E-state index contributed by atoms with van der Waals surface area (Å²) in [5.74, 6) is 0.157. The van der Waals surface area contributed by atoms with Crippen LogP contribution < -0.4 is 0 Å². The van der Waals surface area contributed by atoms with Crippen molar-refractivity contribution in [2.24, 2.45) is 0 Å². The molecule has 0 saturated heterocycles. The van der Waals surface area contributed by atoms with E-state index in [1.165, 1.54) is 11.8 Å². The molecule has 21 heavy (non-hydrogen) atoms. The second-order valence-electron chi connectivity index (χ2n) is 4.40. The lowest BCUT2D eigenvalue weighted by molar-refractivity contribution is -0.141. The Morgan fingerprint density at radius 2 is 1.81 bits per heavy atom. The Morgan fingerprint density at radius 3 is 2.43 bits per heavy atom. The zero-order valence-corrected chi connectivity index (χ0v) is 13.4. The topological polar surface area (TPSA) is 52.6 Å². The summed E-state index contributed by atoms with van der Waals surface area (Å²) in [7, 11) is 0. The average Bonchev–Trinajstić information content (AvgIpc) is 2.50. The summed E-state index contributed by atoms with van der Waals surface area (Å²) < 4.78 is 10.1. The van der Waals surface area contributed by atoms with Gasteiger partial charge in [0.05, 0.1) is 12.4 Å². The fraction of sp³-hybridized carbons (Fsp3) is 0.500. The highest BCUT2D eigenvalue weighted by Crippen LogP contribution is 2.19. The molecule has 0 N–H and O–H groups in total. The minimum atomic E-state index is -0.258. The first-order valence-corrected chi connectivity index (χ1v) is 8.15. The standard InChI is InChI=1S/C16H22O4S/c1-3-5-15(17)13-6-8-14(9-7-13)21-12-16(18)20-11-10-19-4-2/h6-9H,3-5,10-12H2,1-2H3. The summed E-state index contributed by atoms with van der Waals surface area (Å²) in [4.78, 5) is 24.1. The van der Waals surface area contributed by atoms with E-state index in [-0.39, 0.29) is 24.1 Å². The van der Waals surface area contributed by atoms with E-state index < -0.39 is 0 Å². The van der Waals surface area contributed by atoms with Crippen molar-refractivity contribution >= 4 is 23.5 Å². The Bertz CT molecular complexity index is 442. The summed E-state index contributed by atoms with van der Waals surface area (Å²) in [5, 5.41) is 0. The predicted molar refractivity (Wildman–Crippen MR) is 83.9 cm³/mol. The van der Waals surface area contributed by atoms with Gasteiger partial charge in [0.25, 0.3) is 0 Å². The molecule has 1 aromatic rings. The number of hydrogen-bond acceptors (Lipinski definition) is 5. The van der Waals surface area contributed by atoms with Gasteiger partial charge in [0.2, 0.25) is 0 Å². The van der Waals surface area contributed by atoms with E-state index in [9.17, 15) is 9.59 Å². The number of rotatable bonds is 10. The summed E-state index contributed by atoms with van der Waals surface area (Å²) in [5.41, 5.74) is 0.723.